The van der Waals surface area contributed by atoms with E-state index in [0.717, 1.165) is 24.2 Å². The van der Waals surface area contributed by atoms with Crippen molar-refractivity contribution in [3.63, 3.8) is 0 Å². The molecule has 0 unspecified atom stereocenters. The van der Waals surface area contributed by atoms with Crippen molar-refractivity contribution < 1.29 is 22.8 Å². The van der Waals surface area contributed by atoms with Gasteiger partial charge in [0.2, 0.25) is 5.91 Å². The van der Waals surface area contributed by atoms with Crippen LogP contribution in [0.2, 0.25) is 0 Å². The van der Waals surface area contributed by atoms with Gasteiger partial charge in [0.1, 0.15) is 21.9 Å². The average Bonchev–Trinajstić information content (AvgIpc) is 2.83. The van der Waals surface area contributed by atoms with Crippen molar-refractivity contribution in [2.75, 3.05) is 58.3 Å². The lowest BCUT2D eigenvalue weighted by molar-refractivity contribution is -0.141. The lowest BCUT2D eigenvalue weighted by Gasteiger charge is -2.36. The Hall–Kier alpha value is -1.68. The highest BCUT2D eigenvalue weighted by Gasteiger charge is 2.56. The fourth-order valence-electron chi connectivity index (χ4n) is 4.42. The fraction of sp³-hybridized carbons (Fsp3) is 0.833. The number of hydrogen-bond donors (Lipinski definition) is 0. The van der Waals surface area contributed by atoms with Gasteiger partial charge in [-0.1, -0.05) is 19.3 Å². The summed E-state index contributed by atoms with van der Waals surface area (Å²) in [6, 6.07) is -0.382. The molecule has 0 aromatic carbocycles. The molecule has 1 saturated carbocycles. The van der Waals surface area contributed by atoms with E-state index in [-0.39, 0.29) is 30.1 Å². The molecule has 3 fully saturated rings. The van der Waals surface area contributed by atoms with E-state index in [2.05, 4.69) is 0 Å². The number of likely N-dealkylation sites (N-methyl/N-ethyl adjacent to an activating group) is 1. The van der Waals surface area contributed by atoms with Crippen molar-refractivity contribution in [1.82, 2.24) is 19.6 Å². The minimum Gasteiger partial charge on any atom is -0.339 e. The van der Waals surface area contributed by atoms with Gasteiger partial charge in [0.05, 0.1) is 5.75 Å². The molecule has 1 aliphatic carbocycles. The highest BCUT2D eigenvalue weighted by atomic mass is 32.2. The predicted molar refractivity (Wildman–Crippen MR) is 103 cm³/mol. The summed E-state index contributed by atoms with van der Waals surface area (Å²) in [7, 11) is -1.35. The first-order chi connectivity index (χ1) is 13.1. The van der Waals surface area contributed by atoms with Crippen LogP contribution in [0.25, 0.3) is 0 Å². The number of nitrogens with zero attached hydrogens (tertiary/aromatic N) is 4. The van der Waals surface area contributed by atoms with E-state index >= 15 is 0 Å². The Kier molecular flexibility index (Phi) is 6.00. The Morgan fingerprint density at radius 2 is 1.64 bits per heavy atom. The van der Waals surface area contributed by atoms with Gasteiger partial charge in [-0.3, -0.25) is 19.4 Å². The topological polar surface area (TPSA) is 98.3 Å². The molecule has 0 aromatic rings. The van der Waals surface area contributed by atoms with Crippen molar-refractivity contribution in [2.45, 2.75) is 37.6 Å². The second kappa shape index (κ2) is 7.98. The molecule has 10 heteroatoms. The van der Waals surface area contributed by atoms with Crippen LogP contribution in [0.5, 0.6) is 0 Å². The largest absolute Gasteiger partial charge is 0.339 e. The zero-order valence-corrected chi connectivity index (χ0v) is 17.5. The number of piperazine rings is 1. The Bertz CT molecular complexity index is 739. The fourth-order valence-corrected chi connectivity index (χ4v) is 5.01. The highest BCUT2D eigenvalue weighted by molar-refractivity contribution is 7.90. The second-order valence-corrected chi connectivity index (χ2v) is 10.4. The maximum absolute atomic E-state index is 13.0. The van der Waals surface area contributed by atoms with Crippen molar-refractivity contribution in [3.8, 4) is 0 Å². The molecule has 9 nitrogen and oxygen atoms in total. The number of carbonyl (C=O) groups is 3. The van der Waals surface area contributed by atoms with E-state index in [1.54, 1.807) is 11.9 Å². The Balaban J connectivity index is 1.55. The molecule has 2 aliphatic heterocycles. The summed E-state index contributed by atoms with van der Waals surface area (Å²) < 4.78 is 22.6. The molecular formula is C18H30N4O5S. The van der Waals surface area contributed by atoms with Crippen LogP contribution in [0.1, 0.15) is 32.1 Å². The minimum atomic E-state index is -3.01. The van der Waals surface area contributed by atoms with Crippen molar-refractivity contribution in [2.24, 2.45) is 0 Å². The van der Waals surface area contributed by atoms with Gasteiger partial charge in [-0.15, -0.1) is 0 Å². The van der Waals surface area contributed by atoms with Crippen molar-refractivity contribution >= 4 is 27.7 Å². The lowest BCUT2D eigenvalue weighted by atomic mass is 9.81. The molecule has 3 aliphatic rings. The molecule has 3 rings (SSSR count). The van der Waals surface area contributed by atoms with Gasteiger partial charge in [0, 0.05) is 46.0 Å². The van der Waals surface area contributed by atoms with E-state index in [1.807, 2.05) is 4.90 Å². The Morgan fingerprint density at radius 1 is 1.04 bits per heavy atom. The van der Waals surface area contributed by atoms with Gasteiger partial charge in [-0.25, -0.2) is 13.2 Å². The van der Waals surface area contributed by atoms with Gasteiger partial charge in [0.15, 0.2) is 0 Å². The second-order valence-electron chi connectivity index (χ2n) is 8.18. The number of rotatable bonds is 5. The molecule has 0 aromatic heterocycles. The van der Waals surface area contributed by atoms with Crippen LogP contribution in [-0.2, 0) is 19.4 Å². The Morgan fingerprint density at radius 3 is 2.21 bits per heavy atom. The lowest BCUT2D eigenvalue weighted by Crippen LogP contribution is -2.53. The molecule has 0 bridgehead atoms. The summed E-state index contributed by atoms with van der Waals surface area (Å²) in [4.78, 5) is 44.6. The number of imide groups is 1. The summed E-state index contributed by atoms with van der Waals surface area (Å²) >= 11 is 0. The van der Waals surface area contributed by atoms with Crippen LogP contribution in [0.4, 0.5) is 4.79 Å². The van der Waals surface area contributed by atoms with Gasteiger partial charge < -0.3 is 9.80 Å². The number of urea groups is 1. The van der Waals surface area contributed by atoms with E-state index in [4.69, 9.17) is 0 Å². The van der Waals surface area contributed by atoms with Crippen LogP contribution < -0.4 is 0 Å². The third-order valence-corrected chi connectivity index (χ3v) is 7.20. The first-order valence-electron chi connectivity index (χ1n) is 9.92. The van der Waals surface area contributed by atoms with Gasteiger partial charge in [-0.05, 0) is 12.8 Å². The zero-order valence-electron chi connectivity index (χ0n) is 16.7. The number of amides is 4. The SMILES string of the molecule is CN1C(=O)N(CC(=O)N2CCN(CCS(C)(=O)=O)CC2)C(=O)C12CCCCC2. The van der Waals surface area contributed by atoms with Crippen LogP contribution >= 0.6 is 0 Å². The molecule has 4 amide bonds. The maximum atomic E-state index is 13.0. The summed E-state index contributed by atoms with van der Waals surface area (Å²) in [5, 5.41) is 0. The standard InChI is InChI=1S/C18H30N4O5S/c1-19-17(25)22(16(24)18(19)6-4-3-5-7-18)14-15(23)21-10-8-20(9-11-21)12-13-28(2,26)27/h3-14H2,1-2H3. The zero-order chi connectivity index (χ0) is 20.5. The van der Waals surface area contributed by atoms with Crippen LogP contribution in [0, 0.1) is 0 Å². The molecule has 158 valence electrons. The summed E-state index contributed by atoms with van der Waals surface area (Å²) in [5.41, 5.74) is -0.764. The van der Waals surface area contributed by atoms with Crippen LogP contribution in [0.3, 0.4) is 0 Å². The maximum Gasteiger partial charge on any atom is 0.327 e. The number of sulfone groups is 1. The smallest absolute Gasteiger partial charge is 0.327 e. The number of carbonyl (C=O) groups excluding carboxylic acids is 3. The first-order valence-corrected chi connectivity index (χ1v) is 12.0. The Labute approximate surface area is 166 Å². The molecule has 2 heterocycles. The van der Waals surface area contributed by atoms with Crippen molar-refractivity contribution in [1.29, 1.82) is 0 Å². The quantitative estimate of drug-likeness (QED) is 0.577. The average molecular weight is 415 g/mol. The molecule has 0 atom stereocenters. The monoisotopic (exact) mass is 414 g/mol. The van der Waals surface area contributed by atoms with Crippen LogP contribution in [0.15, 0.2) is 0 Å². The third-order valence-electron chi connectivity index (χ3n) is 6.28. The summed E-state index contributed by atoms with van der Waals surface area (Å²) in [6.07, 6.45) is 5.45. The van der Waals surface area contributed by atoms with E-state index in [1.165, 1.54) is 11.2 Å². The van der Waals surface area contributed by atoms with Gasteiger partial charge in [0.25, 0.3) is 5.91 Å². The van der Waals surface area contributed by atoms with Gasteiger partial charge in [-0.2, -0.15) is 0 Å². The first kappa shape index (κ1) is 21.0. The minimum absolute atomic E-state index is 0.103. The highest BCUT2D eigenvalue weighted by Crippen LogP contribution is 2.39. The van der Waals surface area contributed by atoms with E-state index in [0.29, 0.717) is 45.6 Å². The molecule has 28 heavy (non-hydrogen) atoms. The third kappa shape index (κ3) is 4.17. The van der Waals surface area contributed by atoms with E-state index < -0.39 is 15.4 Å². The molecule has 0 N–H and O–H groups in total. The normalized spacial score (nSPS) is 23.7. The summed E-state index contributed by atoms with van der Waals surface area (Å²) in [5.74, 6) is -0.364. The van der Waals surface area contributed by atoms with Gasteiger partial charge >= 0.3 is 6.03 Å². The summed E-state index contributed by atoms with van der Waals surface area (Å²) in [6.45, 7) is 2.37. The molecule has 1 spiro atoms. The molecule has 2 saturated heterocycles. The van der Waals surface area contributed by atoms with E-state index in [9.17, 15) is 22.8 Å². The molecule has 0 radical (unpaired) electrons. The van der Waals surface area contributed by atoms with Crippen molar-refractivity contribution in [3.05, 3.63) is 0 Å². The number of hydrogen-bond acceptors (Lipinski definition) is 6. The predicted octanol–water partition coefficient (Wildman–Crippen LogP) is -0.228. The van der Waals surface area contributed by atoms with Crippen LogP contribution in [-0.4, -0.2) is 110 Å². The molecular weight excluding hydrogens is 384 g/mol.